The molecule has 12 heteroatoms. The van der Waals surface area contributed by atoms with E-state index in [1.165, 1.54) is 0 Å². The Labute approximate surface area is 184 Å². The van der Waals surface area contributed by atoms with E-state index in [2.05, 4.69) is 72.0 Å². The van der Waals surface area contributed by atoms with E-state index in [1.54, 1.807) is 0 Å². The molecule has 176 valence electrons. The van der Waals surface area contributed by atoms with Gasteiger partial charge in [0.05, 0.1) is 13.2 Å². The standard InChI is InChI=1S/C17H46O7Si5/c1-25(2,3)21-27(7,8)23-28(9,10)24-29(11,22-26(4,5)6)14-12-13-20-16-17(19)15-18/h17-19H,12-16H2,1-11H3. The largest absolute Gasteiger partial charge is 0.437 e. The predicted molar refractivity (Wildman–Crippen MR) is 131 cm³/mol. The van der Waals surface area contributed by atoms with Crippen molar-refractivity contribution in [1.82, 2.24) is 0 Å². The first-order valence-electron chi connectivity index (χ1n) is 10.5. The third-order valence-corrected chi connectivity index (χ3v) is 20.9. The molecule has 0 aliphatic heterocycles. The maximum atomic E-state index is 9.39. The first kappa shape index (κ1) is 29.8. The number of aliphatic hydroxyl groups is 2. The molecule has 2 atom stereocenters. The van der Waals surface area contributed by atoms with Gasteiger partial charge in [-0.3, -0.25) is 0 Å². The van der Waals surface area contributed by atoms with Gasteiger partial charge in [-0.25, -0.2) is 0 Å². The summed E-state index contributed by atoms with van der Waals surface area (Å²) >= 11 is 0. The van der Waals surface area contributed by atoms with E-state index in [0.29, 0.717) is 6.61 Å². The molecule has 0 spiro atoms. The highest BCUT2D eigenvalue weighted by molar-refractivity contribution is 6.90. The van der Waals surface area contributed by atoms with Crippen molar-refractivity contribution < 1.29 is 31.4 Å². The Morgan fingerprint density at radius 1 is 0.690 bits per heavy atom. The van der Waals surface area contributed by atoms with Crippen LogP contribution < -0.4 is 0 Å². The average molecular weight is 503 g/mol. The SMILES string of the molecule is C[Si](C)(C)O[Si](C)(C)O[Si](C)(C)O[Si](C)(CCCOCC(O)CO)O[Si](C)(C)C. The van der Waals surface area contributed by atoms with Crippen LogP contribution in [0.3, 0.4) is 0 Å². The molecule has 2 unspecified atom stereocenters. The van der Waals surface area contributed by atoms with E-state index in [0.717, 1.165) is 12.5 Å². The van der Waals surface area contributed by atoms with Crippen LogP contribution in [0, 0.1) is 0 Å². The molecule has 0 saturated heterocycles. The van der Waals surface area contributed by atoms with Crippen molar-refractivity contribution in [2.24, 2.45) is 0 Å². The minimum absolute atomic E-state index is 0.141. The highest BCUT2D eigenvalue weighted by Crippen LogP contribution is 2.28. The third-order valence-electron chi connectivity index (χ3n) is 3.47. The van der Waals surface area contributed by atoms with Crippen molar-refractivity contribution in [1.29, 1.82) is 0 Å². The third kappa shape index (κ3) is 16.1. The van der Waals surface area contributed by atoms with Crippen molar-refractivity contribution in [3.05, 3.63) is 0 Å². The molecule has 0 aromatic heterocycles. The number of hydrogen-bond acceptors (Lipinski definition) is 7. The maximum absolute atomic E-state index is 9.39. The molecule has 0 fully saturated rings. The minimum atomic E-state index is -2.48. The Morgan fingerprint density at radius 3 is 1.62 bits per heavy atom. The van der Waals surface area contributed by atoms with Gasteiger partial charge in [0.2, 0.25) is 0 Å². The maximum Gasteiger partial charge on any atom is 0.315 e. The summed E-state index contributed by atoms with van der Waals surface area (Å²) in [5.41, 5.74) is 0. The van der Waals surface area contributed by atoms with Crippen LogP contribution in [0.25, 0.3) is 0 Å². The lowest BCUT2D eigenvalue weighted by molar-refractivity contribution is 0.00624. The summed E-state index contributed by atoms with van der Waals surface area (Å²) in [7, 11) is -10.7. The van der Waals surface area contributed by atoms with Gasteiger partial charge in [-0.05, 0) is 84.5 Å². The minimum Gasteiger partial charge on any atom is -0.437 e. The van der Waals surface area contributed by atoms with Crippen LogP contribution in [-0.2, 0) is 21.2 Å². The van der Waals surface area contributed by atoms with Crippen molar-refractivity contribution >= 4 is 42.3 Å². The summed E-state index contributed by atoms with van der Waals surface area (Å²) in [5, 5.41) is 18.3. The first-order valence-corrected chi connectivity index (χ1v) is 25.4. The summed E-state index contributed by atoms with van der Waals surface area (Å²) in [6.07, 6.45) is -0.0476. The van der Waals surface area contributed by atoms with Crippen LogP contribution in [-0.4, -0.2) is 78.5 Å². The summed E-state index contributed by atoms with van der Waals surface area (Å²) in [5.74, 6) is 0. The quantitative estimate of drug-likeness (QED) is 0.259. The van der Waals surface area contributed by atoms with Crippen molar-refractivity contribution in [3.8, 4) is 0 Å². The van der Waals surface area contributed by atoms with E-state index < -0.39 is 48.4 Å². The number of aliphatic hydroxyl groups excluding tert-OH is 2. The second kappa shape index (κ2) is 11.6. The van der Waals surface area contributed by atoms with Gasteiger partial charge in [-0.2, -0.15) is 0 Å². The molecule has 0 bridgehead atoms. The van der Waals surface area contributed by atoms with Crippen LogP contribution >= 0.6 is 0 Å². The Hall–Kier alpha value is 0.804. The number of ether oxygens (including phenoxy) is 1. The molecular formula is C17H46O7Si5. The molecule has 0 aliphatic rings. The van der Waals surface area contributed by atoms with Gasteiger partial charge in [-0.1, -0.05) is 0 Å². The molecule has 0 heterocycles. The molecule has 0 amide bonds. The van der Waals surface area contributed by atoms with E-state index in [1.807, 2.05) is 0 Å². The molecule has 0 aromatic carbocycles. The van der Waals surface area contributed by atoms with Crippen LogP contribution in [0.5, 0.6) is 0 Å². The van der Waals surface area contributed by atoms with E-state index in [9.17, 15) is 5.11 Å². The zero-order valence-corrected chi connectivity index (χ0v) is 25.5. The zero-order valence-electron chi connectivity index (χ0n) is 20.5. The van der Waals surface area contributed by atoms with Crippen LogP contribution in [0.15, 0.2) is 0 Å². The van der Waals surface area contributed by atoms with E-state index >= 15 is 0 Å². The van der Waals surface area contributed by atoms with Gasteiger partial charge >= 0.3 is 25.7 Å². The molecule has 2 N–H and O–H groups in total. The van der Waals surface area contributed by atoms with Gasteiger partial charge in [0.1, 0.15) is 6.10 Å². The zero-order chi connectivity index (χ0) is 23.1. The van der Waals surface area contributed by atoms with E-state index in [4.69, 9.17) is 26.3 Å². The predicted octanol–water partition coefficient (Wildman–Crippen LogP) is 3.96. The molecule has 0 saturated carbocycles. The normalized spacial score (nSPS) is 17.3. The number of rotatable bonds is 15. The average Bonchev–Trinajstić information content (AvgIpc) is 2.39. The van der Waals surface area contributed by atoms with Gasteiger partial charge in [0.25, 0.3) is 0 Å². The lowest BCUT2D eigenvalue weighted by atomic mass is 10.4. The first-order chi connectivity index (χ1) is 12.8. The van der Waals surface area contributed by atoms with Crippen LogP contribution in [0.2, 0.25) is 78.1 Å². The lowest BCUT2D eigenvalue weighted by Gasteiger charge is -2.42. The summed E-state index contributed by atoms with van der Waals surface area (Å²) in [6, 6.07) is 0.795. The second-order valence-corrected chi connectivity index (χ2v) is 30.7. The molecule has 0 aliphatic carbocycles. The Morgan fingerprint density at radius 2 is 1.17 bits per heavy atom. The Bertz CT molecular complexity index is 480. The summed E-state index contributed by atoms with van der Waals surface area (Å²) < 4.78 is 31.6. The number of hydrogen-bond donors (Lipinski definition) is 2. The van der Waals surface area contributed by atoms with Gasteiger partial charge in [-0.15, -0.1) is 0 Å². The summed E-state index contributed by atoms with van der Waals surface area (Å²) in [4.78, 5) is 0. The molecule has 29 heavy (non-hydrogen) atoms. The molecule has 0 aromatic rings. The molecule has 0 radical (unpaired) electrons. The molecule has 0 rings (SSSR count). The second-order valence-electron chi connectivity index (χ2n) is 10.6. The Balaban J connectivity index is 5.05. The van der Waals surface area contributed by atoms with Crippen molar-refractivity contribution in [2.75, 3.05) is 19.8 Å². The summed E-state index contributed by atoms with van der Waals surface area (Å²) in [6.45, 7) is 23.9. The van der Waals surface area contributed by atoms with E-state index in [-0.39, 0.29) is 13.2 Å². The van der Waals surface area contributed by atoms with Crippen molar-refractivity contribution in [3.63, 3.8) is 0 Å². The fourth-order valence-electron chi connectivity index (χ4n) is 3.43. The smallest absolute Gasteiger partial charge is 0.315 e. The monoisotopic (exact) mass is 502 g/mol. The molecule has 7 nitrogen and oxygen atoms in total. The van der Waals surface area contributed by atoms with Crippen LogP contribution in [0.1, 0.15) is 6.42 Å². The lowest BCUT2D eigenvalue weighted by Crippen LogP contribution is -2.59. The van der Waals surface area contributed by atoms with Crippen LogP contribution in [0.4, 0.5) is 0 Å². The highest BCUT2D eigenvalue weighted by Gasteiger charge is 2.46. The Kier molecular flexibility index (Phi) is 11.9. The molecular weight excluding hydrogens is 457 g/mol. The van der Waals surface area contributed by atoms with Gasteiger partial charge < -0.3 is 31.4 Å². The fourth-order valence-corrected chi connectivity index (χ4v) is 26.6. The fraction of sp³-hybridized carbons (Fsp3) is 1.00. The highest BCUT2D eigenvalue weighted by atomic mass is 28.5. The van der Waals surface area contributed by atoms with Gasteiger partial charge in [0, 0.05) is 6.61 Å². The van der Waals surface area contributed by atoms with Crippen molar-refractivity contribution in [2.45, 2.75) is 90.6 Å². The topological polar surface area (TPSA) is 86.6 Å². The van der Waals surface area contributed by atoms with Gasteiger partial charge in [0.15, 0.2) is 16.6 Å².